The molecular weight excluding hydrogens is 221 g/mol. The van der Waals surface area contributed by atoms with Crippen LogP contribution in [0.1, 0.15) is 5.56 Å². The van der Waals surface area contributed by atoms with Crippen molar-refractivity contribution in [2.24, 2.45) is 0 Å². The molecule has 0 aliphatic carbocycles. The Morgan fingerprint density at radius 3 is 2.29 bits per heavy atom. The Morgan fingerprint density at radius 1 is 1.36 bits per heavy atom. The Morgan fingerprint density at radius 2 is 1.93 bits per heavy atom. The zero-order valence-electron chi connectivity index (χ0n) is 6.59. The zero-order valence-corrected chi connectivity index (χ0v) is 7.34. The lowest BCUT2D eigenvalue weighted by molar-refractivity contribution is -0.137. The number of halogens is 4. The number of hydrogen-bond acceptors (Lipinski definition) is 3. The second-order valence-electron chi connectivity index (χ2n) is 2.46. The van der Waals surface area contributed by atoms with Gasteiger partial charge in [0.05, 0.1) is 16.2 Å². The molecule has 0 aliphatic heterocycles. The highest BCUT2D eigenvalue weighted by Crippen LogP contribution is 2.33. The normalized spacial score (nSPS) is 11.6. The number of nitrogens with zero attached hydrogens (tertiary/aromatic N) is 1. The Balaban J connectivity index is 3.15. The molecule has 0 spiro atoms. The number of aromatic nitrogens is 1. The fraction of sp³-hybridized carbons (Fsp3) is 0.167. The quantitative estimate of drug-likeness (QED) is 0.682. The molecule has 0 unspecified atom stereocenters. The Labute approximate surface area is 82.3 Å². The van der Waals surface area contributed by atoms with E-state index in [1.54, 1.807) is 0 Å². The summed E-state index contributed by atoms with van der Waals surface area (Å²) < 4.78 is 36.4. The maximum absolute atomic E-state index is 12.1. The molecule has 1 aromatic rings. The van der Waals surface area contributed by atoms with Gasteiger partial charge in [0, 0.05) is 6.20 Å². The summed E-state index contributed by atoms with van der Waals surface area (Å²) in [5.74, 6) is 0. The maximum atomic E-state index is 12.1. The molecule has 0 fully saturated rings. The second kappa shape index (κ2) is 3.76. The second-order valence-corrected chi connectivity index (χ2v) is 2.87. The standard InChI is InChI=1S/C6H4BClF3NO2/c8-4-1-5(7(13)14)12-2-3(4)6(9,10)11/h1-2,13-14H. The molecule has 0 aliphatic rings. The van der Waals surface area contributed by atoms with Crippen molar-refractivity contribution in [2.75, 3.05) is 0 Å². The highest BCUT2D eigenvalue weighted by Gasteiger charge is 2.34. The third-order valence-electron chi connectivity index (χ3n) is 1.44. The molecular formula is C6H4BClF3NO2. The summed E-state index contributed by atoms with van der Waals surface area (Å²) in [7, 11) is -1.94. The van der Waals surface area contributed by atoms with Gasteiger partial charge in [-0.05, 0) is 6.07 Å². The van der Waals surface area contributed by atoms with Crippen LogP contribution in [0.15, 0.2) is 12.3 Å². The van der Waals surface area contributed by atoms with Crippen LogP contribution in [0, 0.1) is 0 Å². The number of pyridine rings is 1. The van der Waals surface area contributed by atoms with Crippen molar-refractivity contribution in [3.8, 4) is 0 Å². The smallest absolute Gasteiger partial charge is 0.422 e. The lowest BCUT2D eigenvalue weighted by Gasteiger charge is -2.08. The fourth-order valence-corrected chi connectivity index (χ4v) is 1.06. The number of hydrogen-bond donors (Lipinski definition) is 2. The summed E-state index contributed by atoms with van der Waals surface area (Å²) in [6.07, 6.45) is -4.14. The van der Waals surface area contributed by atoms with E-state index in [9.17, 15) is 13.2 Å². The van der Waals surface area contributed by atoms with Gasteiger partial charge >= 0.3 is 13.3 Å². The summed E-state index contributed by atoms with van der Waals surface area (Å²) in [5.41, 5.74) is -1.44. The molecule has 0 saturated heterocycles. The summed E-state index contributed by atoms with van der Waals surface area (Å²) in [6.45, 7) is 0. The number of alkyl halides is 3. The van der Waals surface area contributed by atoms with Gasteiger partial charge in [0.15, 0.2) is 0 Å². The molecule has 14 heavy (non-hydrogen) atoms. The predicted molar refractivity (Wildman–Crippen MR) is 44.1 cm³/mol. The average Bonchev–Trinajstić information content (AvgIpc) is 2.01. The van der Waals surface area contributed by atoms with Crippen molar-refractivity contribution in [3.63, 3.8) is 0 Å². The van der Waals surface area contributed by atoms with Crippen LogP contribution in [0.2, 0.25) is 5.02 Å². The van der Waals surface area contributed by atoms with Gasteiger partial charge in [-0.3, -0.25) is 4.98 Å². The summed E-state index contributed by atoms with van der Waals surface area (Å²) in [5, 5.41) is 16.6. The van der Waals surface area contributed by atoms with E-state index in [1.165, 1.54) is 0 Å². The molecule has 1 heterocycles. The minimum atomic E-state index is -4.59. The summed E-state index contributed by atoms with van der Waals surface area (Å²) >= 11 is 5.28. The van der Waals surface area contributed by atoms with Crippen LogP contribution in [0.5, 0.6) is 0 Å². The van der Waals surface area contributed by atoms with Crippen LogP contribution in [0.25, 0.3) is 0 Å². The van der Waals surface area contributed by atoms with Crippen molar-refractivity contribution in [1.29, 1.82) is 0 Å². The molecule has 0 bridgehead atoms. The van der Waals surface area contributed by atoms with Crippen molar-refractivity contribution in [1.82, 2.24) is 4.98 Å². The van der Waals surface area contributed by atoms with Crippen LogP contribution in [-0.2, 0) is 6.18 Å². The van der Waals surface area contributed by atoms with Crippen molar-refractivity contribution >= 4 is 24.3 Å². The average molecular weight is 225 g/mol. The van der Waals surface area contributed by atoms with Crippen molar-refractivity contribution in [3.05, 3.63) is 22.8 Å². The Hall–Kier alpha value is -0.785. The van der Waals surface area contributed by atoms with Crippen LogP contribution < -0.4 is 5.59 Å². The first-order chi connectivity index (χ1) is 6.32. The van der Waals surface area contributed by atoms with Crippen LogP contribution in [-0.4, -0.2) is 22.2 Å². The van der Waals surface area contributed by atoms with Crippen LogP contribution in [0.4, 0.5) is 13.2 Å². The van der Waals surface area contributed by atoms with Gasteiger partial charge in [0.1, 0.15) is 0 Å². The minimum Gasteiger partial charge on any atom is -0.422 e. The first-order valence-corrected chi connectivity index (χ1v) is 3.79. The first kappa shape index (κ1) is 11.3. The zero-order chi connectivity index (χ0) is 10.9. The lowest BCUT2D eigenvalue weighted by Crippen LogP contribution is -2.33. The maximum Gasteiger partial charge on any atom is 0.508 e. The van der Waals surface area contributed by atoms with E-state index >= 15 is 0 Å². The third kappa shape index (κ3) is 2.37. The minimum absolute atomic E-state index is 0.331. The molecule has 1 rings (SSSR count). The van der Waals surface area contributed by atoms with Gasteiger partial charge in [-0.15, -0.1) is 0 Å². The summed E-state index contributed by atoms with van der Waals surface area (Å²) in [6, 6.07) is 0.759. The Bertz CT molecular complexity index is 344. The fourth-order valence-electron chi connectivity index (χ4n) is 0.795. The first-order valence-electron chi connectivity index (χ1n) is 3.41. The van der Waals surface area contributed by atoms with E-state index < -0.39 is 23.9 Å². The predicted octanol–water partition coefficient (Wildman–Crippen LogP) is 0.434. The van der Waals surface area contributed by atoms with Gasteiger partial charge in [0.2, 0.25) is 0 Å². The van der Waals surface area contributed by atoms with E-state index in [0.29, 0.717) is 6.20 Å². The SMILES string of the molecule is OB(O)c1cc(Cl)c(C(F)(F)F)cn1. The molecule has 0 amide bonds. The van der Waals surface area contributed by atoms with E-state index in [2.05, 4.69) is 4.98 Å². The molecule has 1 aromatic heterocycles. The van der Waals surface area contributed by atoms with E-state index in [0.717, 1.165) is 6.07 Å². The molecule has 76 valence electrons. The topological polar surface area (TPSA) is 53.4 Å². The highest BCUT2D eigenvalue weighted by molar-refractivity contribution is 6.57. The van der Waals surface area contributed by atoms with Gasteiger partial charge in [-0.2, -0.15) is 13.2 Å². The highest BCUT2D eigenvalue weighted by atomic mass is 35.5. The molecule has 0 aromatic carbocycles. The van der Waals surface area contributed by atoms with Crippen molar-refractivity contribution in [2.45, 2.75) is 6.18 Å². The summed E-state index contributed by atoms with van der Waals surface area (Å²) in [4.78, 5) is 3.20. The number of rotatable bonds is 1. The van der Waals surface area contributed by atoms with Crippen molar-refractivity contribution < 1.29 is 23.2 Å². The van der Waals surface area contributed by atoms with Gasteiger partial charge in [-0.1, -0.05) is 11.6 Å². The molecule has 8 heteroatoms. The molecule has 0 saturated carbocycles. The van der Waals surface area contributed by atoms with E-state index in [4.69, 9.17) is 21.6 Å². The van der Waals surface area contributed by atoms with Gasteiger partial charge < -0.3 is 10.0 Å². The van der Waals surface area contributed by atoms with Gasteiger partial charge in [0.25, 0.3) is 0 Å². The van der Waals surface area contributed by atoms with E-state index in [-0.39, 0.29) is 5.59 Å². The molecule has 0 radical (unpaired) electrons. The largest absolute Gasteiger partial charge is 0.508 e. The molecule has 0 atom stereocenters. The monoisotopic (exact) mass is 225 g/mol. The Kier molecular flexibility index (Phi) is 3.03. The lowest BCUT2D eigenvalue weighted by atomic mass is 9.85. The molecule has 3 nitrogen and oxygen atoms in total. The molecule has 2 N–H and O–H groups in total. The van der Waals surface area contributed by atoms with Gasteiger partial charge in [-0.25, -0.2) is 0 Å². The third-order valence-corrected chi connectivity index (χ3v) is 1.76. The van der Waals surface area contributed by atoms with E-state index in [1.807, 2.05) is 0 Å². The van der Waals surface area contributed by atoms with Crippen LogP contribution >= 0.6 is 11.6 Å². The van der Waals surface area contributed by atoms with Crippen LogP contribution in [0.3, 0.4) is 0 Å².